The normalized spacial score (nSPS) is 16.2. The lowest BCUT2D eigenvalue weighted by molar-refractivity contribution is -0.384. The number of piperidine rings is 1. The van der Waals surface area contributed by atoms with Gasteiger partial charge in [-0.1, -0.05) is 0 Å². The van der Waals surface area contributed by atoms with E-state index in [0.717, 1.165) is 24.5 Å². The van der Waals surface area contributed by atoms with Crippen molar-refractivity contribution in [2.24, 2.45) is 7.05 Å². The topological polar surface area (TPSA) is 64.2 Å². The molecule has 0 N–H and O–H groups in total. The molecule has 1 fully saturated rings. The van der Waals surface area contributed by atoms with Gasteiger partial charge in [0.1, 0.15) is 5.69 Å². The smallest absolute Gasteiger partial charge is 0.366 e. The van der Waals surface area contributed by atoms with E-state index in [2.05, 4.69) is 5.10 Å². The second-order valence-corrected chi connectivity index (χ2v) is 6.17. The summed E-state index contributed by atoms with van der Waals surface area (Å²) in [5, 5.41) is 15.4. The lowest BCUT2D eigenvalue weighted by Gasteiger charge is -2.33. The fourth-order valence-electron chi connectivity index (χ4n) is 3.22. The van der Waals surface area contributed by atoms with Gasteiger partial charge in [-0.3, -0.25) is 14.8 Å². The number of rotatable bonds is 3. The first-order valence-corrected chi connectivity index (χ1v) is 7.85. The second-order valence-electron chi connectivity index (χ2n) is 6.17. The molecule has 0 radical (unpaired) electrons. The van der Waals surface area contributed by atoms with E-state index in [1.54, 1.807) is 15.8 Å². The molecule has 1 aromatic heterocycles. The average Bonchev–Trinajstić information content (AvgIpc) is 3.00. The number of aryl methyl sites for hydroxylation is 1. The number of hydrogen-bond donors (Lipinski definition) is 0. The zero-order valence-electron chi connectivity index (χ0n) is 13.5. The van der Waals surface area contributed by atoms with Gasteiger partial charge in [-0.15, -0.1) is 0 Å². The number of alkyl halides is 3. The van der Waals surface area contributed by atoms with Crippen LogP contribution in [0, 0.1) is 10.1 Å². The Morgan fingerprint density at radius 3 is 2.48 bits per heavy atom. The predicted octanol–water partition coefficient (Wildman–Crippen LogP) is 3.73. The molecule has 0 bridgehead atoms. The molecule has 2 heterocycles. The molecule has 9 heteroatoms. The summed E-state index contributed by atoms with van der Waals surface area (Å²) in [7, 11) is 1.84. The molecule has 0 amide bonds. The Hall–Kier alpha value is -2.58. The summed E-state index contributed by atoms with van der Waals surface area (Å²) in [6, 6.07) is 2.71. The molecule has 0 aliphatic carbocycles. The first-order valence-electron chi connectivity index (χ1n) is 7.85. The third kappa shape index (κ3) is 3.59. The molecular formula is C16H17F3N4O2. The molecule has 134 valence electrons. The van der Waals surface area contributed by atoms with Gasteiger partial charge in [-0.05, 0) is 36.5 Å². The Labute approximate surface area is 142 Å². The van der Waals surface area contributed by atoms with Gasteiger partial charge in [0.25, 0.3) is 5.69 Å². The van der Waals surface area contributed by atoms with Crippen LogP contribution in [0.4, 0.5) is 24.5 Å². The number of halogens is 3. The molecule has 3 rings (SSSR count). The molecule has 25 heavy (non-hydrogen) atoms. The van der Waals surface area contributed by atoms with Crippen LogP contribution in [0.2, 0.25) is 0 Å². The Balaban J connectivity index is 1.79. The molecule has 2 aromatic rings. The van der Waals surface area contributed by atoms with Crippen LogP contribution in [0.1, 0.15) is 29.9 Å². The van der Waals surface area contributed by atoms with Gasteiger partial charge in [-0.2, -0.15) is 18.3 Å². The highest BCUT2D eigenvalue weighted by atomic mass is 19.4. The highest BCUT2D eigenvalue weighted by Crippen LogP contribution is 2.38. The zero-order valence-corrected chi connectivity index (χ0v) is 13.5. The minimum Gasteiger partial charge on any atom is -0.366 e. The molecular weight excluding hydrogens is 337 g/mol. The average molecular weight is 354 g/mol. The van der Waals surface area contributed by atoms with E-state index in [-0.39, 0.29) is 5.69 Å². The van der Waals surface area contributed by atoms with Crippen LogP contribution in [0.3, 0.4) is 0 Å². The van der Waals surface area contributed by atoms with Gasteiger partial charge < -0.3 is 4.90 Å². The SMILES string of the molecule is Cn1cc(C2CCN(c3ccc(C(F)(F)F)cc3[N+](=O)[O-])CC2)cn1. The highest BCUT2D eigenvalue weighted by molar-refractivity contribution is 5.65. The maximum absolute atomic E-state index is 12.8. The van der Waals surface area contributed by atoms with Crippen molar-refractivity contribution in [3.8, 4) is 0 Å². The summed E-state index contributed by atoms with van der Waals surface area (Å²) in [5.41, 5.74) is -0.158. The van der Waals surface area contributed by atoms with Gasteiger partial charge in [0.05, 0.1) is 16.7 Å². The van der Waals surface area contributed by atoms with Gasteiger partial charge in [-0.25, -0.2) is 0 Å². The standard InChI is InChI=1S/C16H17F3N4O2/c1-21-10-12(9-20-21)11-4-6-22(7-5-11)14-3-2-13(16(17,18)19)8-15(14)23(24)25/h2-3,8-11H,4-7H2,1H3. The van der Waals surface area contributed by atoms with Crippen LogP contribution in [-0.2, 0) is 13.2 Å². The quantitative estimate of drug-likeness (QED) is 0.622. The van der Waals surface area contributed by atoms with Crippen molar-refractivity contribution < 1.29 is 18.1 Å². The van der Waals surface area contributed by atoms with Crippen molar-refractivity contribution in [3.05, 3.63) is 51.8 Å². The fraction of sp³-hybridized carbons (Fsp3) is 0.438. The van der Waals surface area contributed by atoms with Gasteiger partial charge >= 0.3 is 6.18 Å². The van der Waals surface area contributed by atoms with Crippen LogP contribution in [0.5, 0.6) is 0 Å². The molecule has 6 nitrogen and oxygen atoms in total. The number of anilines is 1. The van der Waals surface area contributed by atoms with E-state index < -0.39 is 22.4 Å². The molecule has 1 saturated heterocycles. The van der Waals surface area contributed by atoms with Gasteiger partial charge in [0.15, 0.2) is 0 Å². The Morgan fingerprint density at radius 2 is 1.96 bits per heavy atom. The van der Waals surface area contributed by atoms with Crippen molar-refractivity contribution in [1.29, 1.82) is 0 Å². The molecule has 0 spiro atoms. The summed E-state index contributed by atoms with van der Waals surface area (Å²) in [6.45, 7) is 1.09. The number of benzene rings is 1. The molecule has 0 atom stereocenters. The molecule has 1 aromatic carbocycles. The van der Waals surface area contributed by atoms with Crippen LogP contribution in [0.25, 0.3) is 0 Å². The molecule has 1 aliphatic rings. The molecule has 0 saturated carbocycles. The lowest BCUT2D eigenvalue weighted by Crippen LogP contribution is -2.33. The Bertz CT molecular complexity index is 780. The zero-order chi connectivity index (χ0) is 18.2. The third-order valence-corrected chi connectivity index (χ3v) is 4.53. The van der Waals surface area contributed by atoms with Crippen molar-refractivity contribution in [2.75, 3.05) is 18.0 Å². The summed E-state index contributed by atoms with van der Waals surface area (Å²) in [6.07, 6.45) is 0.687. The Kier molecular flexibility index (Phi) is 4.40. The van der Waals surface area contributed by atoms with Crippen LogP contribution in [0.15, 0.2) is 30.6 Å². The lowest BCUT2D eigenvalue weighted by atomic mass is 9.91. The monoisotopic (exact) mass is 354 g/mol. The number of nitro groups is 1. The maximum Gasteiger partial charge on any atom is 0.416 e. The molecule has 0 unspecified atom stereocenters. The number of hydrogen-bond acceptors (Lipinski definition) is 4. The van der Waals surface area contributed by atoms with E-state index in [4.69, 9.17) is 0 Å². The Morgan fingerprint density at radius 1 is 1.28 bits per heavy atom. The minimum absolute atomic E-state index is 0.239. The maximum atomic E-state index is 12.8. The largest absolute Gasteiger partial charge is 0.416 e. The summed E-state index contributed by atoms with van der Waals surface area (Å²) in [5.74, 6) is 0.304. The van der Waals surface area contributed by atoms with E-state index in [9.17, 15) is 23.3 Å². The highest BCUT2D eigenvalue weighted by Gasteiger charge is 2.34. The van der Waals surface area contributed by atoms with E-state index in [0.29, 0.717) is 25.1 Å². The second kappa shape index (κ2) is 6.38. The number of aromatic nitrogens is 2. The summed E-state index contributed by atoms with van der Waals surface area (Å²) >= 11 is 0. The van der Waals surface area contributed by atoms with Crippen LogP contribution >= 0.6 is 0 Å². The molecule has 1 aliphatic heterocycles. The fourth-order valence-corrected chi connectivity index (χ4v) is 3.22. The minimum atomic E-state index is -4.60. The number of nitro benzene ring substituents is 1. The number of nitrogens with zero attached hydrogens (tertiary/aromatic N) is 4. The first-order chi connectivity index (χ1) is 11.8. The van der Waals surface area contributed by atoms with Crippen molar-refractivity contribution >= 4 is 11.4 Å². The summed E-state index contributed by atoms with van der Waals surface area (Å²) in [4.78, 5) is 12.3. The predicted molar refractivity (Wildman–Crippen MR) is 85.5 cm³/mol. The van der Waals surface area contributed by atoms with Gasteiger partial charge in [0, 0.05) is 32.4 Å². The van der Waals surface area contributed by atoms with Gasteiger partial charge in [0.2, 0.25) is 0 Å². The van der Waals surface area contributed by atoms with E-state index >= 15 is 0 Å². The van der Waals surface area contributed by atoms with Crippen molar-refractivity contribution in [1.82, 2.24) is 9.78 Å². The van der Waals surface area contributed by atoms with Crippen LogP contribution < -0.4 is 4.90 Å². The first kappa shape index (κ1) is 17.2. The van der Waals surface area contributed by atoms with Crippen molar-refractivity contribution in [3.63, 3.8) is 0 Å². The van der Waals surface area contributed by atoms with E-state index in [1.807, 2.05) is 13.2 Å². The van der Waals surface area contributed by atoms with Crippen molar-refractivity contribution in [2.45, 2.75) is 24.9 Å². The van der Waals surface area contributed by atoms with E-state index in [1.165, 1.54) is 6.07 Å². The summed E-state index contributed by atoms with van der Waals surface area (Å²) < 4.78 is 40.1. The third-order valence-electron chi connectivity index (χ3n) is 4.53. The van der Waals surface area contributed by atoms with Crippen LogP contribution in [-0.4, -0.2) is 27.8 Å².